The zero-order valence-electron chi connectivity index (χ0n) is 12.2. The van der Waals surface area contributed by atoms with Gasteiger partial charge in [0.1, 0.15) is 0 Å². The highest BCUT2D eigenvalue weighted by atomic mass is 16.3. The molecule has 0 radical (unpaired) electrons. The normalized spacial score (nSPS) is 19.0. The number of fused-ring (bicyclic) bond motifs is 1. The molecule has 1 aliphatic heterocycles. The van der Waals surface area contributed by atoms with E-state index >= 15 is 0 Å². The Hall–Kier alpha value is -1.94. The van der Waals surface area contributed by atoms with E-state index in [2.05, 4.69) is 4.98 Å². The first-order chi connectivity index (χ1) is 10.2. The number of amides is 1. The molecule has 1 aromatic heterocycles. The number of aryl methyl sites for hydroxylation is 1. The van der Waals surface area contributed by atoms with Crippen LogP contribution in [-0.4, -0.2) is 40.6 Å². The number of benzene rings is 1. The van der Waals surface area contributed by atoms with Gasteiger partial charge < -0.3 is 10.0 Å². The second-order valence-corrected chi connectivity index (χ2v) is 5.77. The zero-order valence-corrected chi connectivity index (χ0v) is 12.2. The van der Waals surface area contributed by atoms with Gasteiger partial charge in [0.05, 0.1) is 11.1 Å². The number of hydrogen-bond acceptors (Lipinski definition) is 3. The number of carbonyl (C=O) groups excluding carboxylic acids is 1. The number of aromatic nitrogens is 1. The number of para-hydroxylation sites is 1. The van der Waals surface area contributed by atoms with Gasteiger partial charge in [0, 0.05) is 30.8 Å². The second kappa shape index (κ2) is 5.82. The SMILES string of the molecule is Cc1cc(C(=O)N2CCCC(CO)C2)c2ccccc2n1. The third kappa shape index (κ3) is 2.76. The van der Waals surface area contributed by atoms with Crippen molar-refractivity contribution in [1.82, 2.24) is 9.88 Å². The average molecular weight is 284 g/mol. The molecule has 21 heavy (non-hydrogen) atoms. The van der Waals surface area contributed by atoms with Crippen LogP contribution in [0, 0.1) is 12.8 Å². The van der Waals surface area contributed by atoms with Gasteiger partial charge in [-0.3, -0.25) is 9.78 Å². The topological polar surface area (TPSA) is 53.4 Å². The molecule has 0 bridgehead atoms. The number of aliphatic hydroxyl groups is 1. The molecule has 1 fully saturated rings. The predicted octanol–water partition coefficient (Wildman–Crippen LogP) is 2.39. The Balaban J connectivity index is 1.97. The largest absolute Gasteiger partial charge is 0.396 e. The van der Waals surface area contributed by atoms with E-state index in [1.165, 1.54) is 0 Å². The summed E-state index contributed by atoms with van der Waals surface area (Å²) in [6.07, 6.45) is 1.95. The molecule has 1 N–H and O–H groups in total. The lowest BCUT2D eigenvalue weighted by molar-refractivity contribution is 0.0622. The number of pyridine rings is 1. The first kappa shape index (κ1) is 14.0. The Bertz CT molecular complexity index is 669. The van der Waals surface area contributed by atoms with Crippen molar-refractivity contribution in [3.63, 3.8) is 0 Å². The summed E-state index contributed by atoms with van der Waals surface area (Å²) < 4.78 is 0. The molecule has 1 atom stereocenters. The Morgan fingerprint density at radius 1 is 1.43 bits per heavy atom. The highest BCUT2D eigenvalue weighted by molar-refractivity contribution is 6.06. The summed E-state index contributed by atoms with van der Waals surface area (Å²) in [5.74, 6) is 0.256. The van der Waals surface area contributed by atoms with Crippen molar-refractivity contribution >= 4 is 16.8 Å². The number of carbonyl (C=O) groups is 1. The summed E-state index contributed by atoms with van der Waals surface area (Å²) >= 11 is 0. The van der Waals surface area contributed by atoms with Gasteiger partial charge in [0.2, 0.25) is 0 Å². The van der Waals surface area contributed by atoms with E-state index in [0.29, 0.717) is 6.54 Å². The molecule has 1 amide bonds. The fourth-order valence-electron chi connectivity index (χ4n) is 3.05. The lowest BCUT2D eigenvalue weighted by Gasteiger charge is -2.32. The smallest absolute Gasteiger partial charge is 0.254 e. The van der Waals surface area contributed by atoms with Crippen molar-refractivity contribution in [3.05, 3.63) is 41.6 Å². The maximum Gasteiger partial charge on any atom is 0.254 e. The van der Waals surface area contributed by atoms with Crippen LogP contribution in [0.15, 0.2) is 30.3 Å². The molecule has 110 valence electrons. The average Bonchev–Trinajstić information content (AvgIpc) is 2.53. The van der Waals surface area contributed by atoms with Crippen LogP contribution >= 0.6 is 0 Å². The first-order valence-corrected chi connectivity index (χ1v) is 7.45. The quantitative estimate of drug-likeness (QED) is 0.921. The van der Waals surface area contributed by atoms with Gasteiger partial charge in [-0.25, -0.2) is 0 Å². The Morgan fingerprint density at radius 3 is 3.05 bits per heavy atom. The molecule has 3 rings (SSSR count). The van der Waals surface area contributed by atoms with Crippen molar-refractivity contribution < 1.29 is 9.90 Å². The Morgan fingerprint density at radius 2 is 2.24 bits per heavy atom. The Labute approximate surface area is 124 Å². The van der Waals surface area contributed by atoms with Gasteiger partial charge in [-0.05, 0) is 37.8 Å². The van der Waals surface area contributed by atoms with Crippen LogP contribution < -0.4 is 0 Å². The number of aliphatic hydroxyl groups excluding tert-OH is 1. The molecule has 2 aromatic rings. The van der Waals surface area contributed by atoms with Crippen LogP contribution in [0.25, 0.3) is 10.9 Å². The fourth-order valence-corrected chi connectivity index (χ4v) is 3.05. The third-order valence-electron chi connectivity index (χ3n) is 4.14. The fraction of sp³-hybridized carbons (Fsp3) is 0.412. The molecule has 1 aromatic carbocycles. The lowest BCUT2D eigenvalue weighted by Crippen LogP contribution is -2.41. The van der Waals surface area contributed by atoms with Gasteiger partial charge in [0.15, 0.2) is 0 Å². The monoisotopic (exact) mass is 284 g/mol. The van der Waals surface area contributed by atoms with Crippen LogP contribution in [0.1, 0.15) is 28.9 Å². The summed E-state index contributed by atoms with van der Waals surface area (Å²) in [6, 6.07) is 9.62. The van der Waals surface area contributed by atoms with Crippen LogP contribution in [0.5, 0.6) is 0 Å². The summed E-state index contributed by atoms with van der Waals surface area (Å²) in [5.41, 5.74) is 2.43. The molecule has 0 saturated carbocycles. The number of piperidine rings is 1. The van der Waals surface area contributed by atoms with Crippen molar-refractivity contribution in [3.8, 4) is 0 Å². The number of likely N-dealkylation sites (tertiary alicyclic amines) is 1. The maximum absolute atomic E-state index is 12.8. The van der Waals surface area contributed by atoms with E-state index < -0.39 is 0 Å². The van der Waals surface area contributed by atoms with Crippen LogP contribution in [-0.2, 0) is 0 Å². The molecule has 1 unspecified atom stereocenters. The van der Waals surface area contributed by atoms with Crippen molar-refractivity contribution in [2.75, 3.05) is 19.7 Å². The van der Waals surface area contributed by atoms with Gasteiger partial charge in [-0.1, -0.05) is 18.2 Å². The highest BCUT2D eigenvalue weighted by Crippen LogP contribution is 2.23. The van der Waals surface area contributed by atoms with Gasteiger partial charge in [0.25, 0.3) is 5.91 Å². The minimum atomic E-state index is 0.0508. The van der Waals surface area contributed by atoms with E-state index in [-0.39, 0.29) is 18.4 Å². The summed E-state index contributed by atoms with van der Waals surface area (Å²) in [4.78, 5) is 19.2. The number of rotatable bonds is 2. The van der Waals surface area contributed by atoms with E-state index in [0.717, 1.165) is 41.5 Å². The lowest BCUT2D eigenvalue weighted by atomic mass is 9.97. The molecular weight excluding hydrogens is 264 g/mol. The van der Waals surface area contributed by atoms with E-state index in [9.17, 15) is 9.90 Å². The van der Waals surface area contributed by atoms with Crippen LogP contribution in [0.3, 0.4) is 0 Å². The van der Waals surface area contributed by atoms with E-state index in [1.54, 1.807) is 0 Å². The van der Waals surface area contributed by atoms with E-state index in [4.69, 9.17) is 0 Å². The molecule has 4 heteroatoms. The minimum Gasteiger partial charge on any atom is -0.396 e. The molecule has 0 aliphatic carbocycles. The van der Waals surface area contributed by atoms with Crippen molar-refractivity contribution in [1.29, 1.82) is 0 Å². The summed E-state index contributed by atoms with van der Waals surface area (Å²) in [5, 5.41) is 10.2. The third-order valence-corrected chi connectivity index (χ3v) is 4.14. The summed E-state index contributed by atoms with van der Waals surface area (Å²) in [6.45, 7) is 3.48. The van der Waals surface area contributed by atoms with Crippen LogP contribution in [0.4, 0.5) is 0 Å². The first-order valence-electron chi connectivity index (χ1n) is 7.45. The minimum absolute atomic E-state index is 0.0508. The maximum atomic E-state index is 12.8. The van der Waals surface area contributed by atoms with Gasteiger partial charge in [-0.2, -0.15) is 0 Å². The van der Waals surface area contributed by atoms with Crippen LogP contribution in [0.2, 0.25) is 0 Å². The van der Waals surface area contributed by atoms with Gasteiger partial charge in [-0.15, -0.1) is 0 Å². The predicted molar refractivity (Wildman–Crippen MR) is 82.2 cm³/mol. The standard InChI is InChI=1S/C17H20N2O2/c1-12-9-15(14-6-2-3-7-16(14)18-12)17(21)19-8-4-5-13(10-19)11-20/h2-3,6-7,9,13,20H,4-5,8,10-11H2,1H3. The number of hydrogen-bond donors (Lipinski definition) is 1. The molecular formula is C17H20N2O2. The van der Waals surface area contributed by atoms with Gasteiger partial charge >= 0.3 is 0 Å². The Kier molecular flexibility index (Phi) is 3.88. The zero-order chi connectivity index (χ0) is 14.8. The van der Waals surface area contributed by atoms with Crippen molar-refractivity contribution in [2.45, 2.75) is 19.8 Å². The second-order valence-electron chi connectivity index (χ2n) is 5.77. The molecule has 4 nitrogen and oxygen atoms in total. The molecule has 0 spiro atoms. The molecule has 1 aliphatic rings. The highest BCUT2D eigenvalue weighted by Gasteiger charge is 2.25. The number of nitrogens with zero attached hydrogens (tertiary/aromatic N) is 2. The van der Waals surface area contributed by atoms with Crippen molar-refractivity contribution in [2.24, 2.45) is 5.92 Å². The summed E-state index contributed by atoms with van der Waals surface area (Å²) in [7, 11) is 0. The van der Waals surface area contributed by atoms with E-state index in [1.807, 2.05) is 42.2 Å². The molecule has 1 saturated heterocycles. The molecule has 2 heterocycles.